The number of amides is 1. The number of pyridine rings is 1. The van der Waals surface area contributed by atoms with E-state index in [1.807, 2.05) is 36.4 Å². The number of unbranched alkanes of at least 4 members (excludes halogenated alkanes) is 1. The largest absolute Gasteiger partial charge is 0.324 e. The fourth-order valence-corrected chi connectivity index (χ4v) is 5.07. The van der Waals surface area contributed by atoms with Crippen LogP contribution in [0.15, 0.2) is 42.6 Å². The number of rotatable bonds is 9. The van der Waals surface area contributed by atoms with Gasteiger partial charge in [0.25, 0.3) is 5.91 Å². The van der Waals surface area contributed by atoms with Gasteiger partial charge in [0.05, 0.1) is 16.9 Å². The number of carbonyl (C=O) groups excluding carboxylic acids is 1. The van der Waals surface area contributed by atoms with E-state index in [9.17, 15) is 4.79 Å². The monoisotopic (exact) mass is 435 g/mol. The molecule has 1 amide bonds. The molecule has 2 aliphatic heterocycles. The molecule has 3 heterocycles. The Morgan fingerprint density at radius 2 is 1.88 bits per heavy atom. The predicted molar refractivity (Wildman–Crippen MR) is 132 cm³/mol. The summed E-state index contributed by atoms with van der Waals surface area (Å²) in [5.41, 5.74) is 2.43. The van der Waals surface area contributed by atoms with Crippen molar-refractivity contribution < 1.29 is 4.79 Å². The standard InChI is InChI=1S/C26H37N5O/c1-3-29(4-2)20-21-12-7-8-17-30(21)18-9-10-19-31-24-15-6-5-13-22(24)26(32)28-23-14-11-16-27-25(23)31/h5-6,11,13-16,21H,3-4,7-10,12,17-20H2,1-2H3,(H,28,32). The molecule has 32 heavy (non-hydrogen) atoms. The molecule has 1 saturated heterocycles. The number of nitrogens with zero attached hydrogens (tertiary/aromatic N) is 4. The van der Waals surface area contributed by atoms with E-state index < -0.39 is 0 Å². The first-order chi connectivity index (χ1) is 15.7. The summed E-state index contributed by atoms with van der Waals surface area (Å²) in [6, 6.07) is 12.3. The van der Waals surface area contributed by atoms with E-state index in [1.165, 1.54) is 32.4 Å². The van der Waals surface area contributed by atoms with Gasteiger partial charge in [-0.2, -0.15) is 0 Å². The van der Waals surface area contributed by atoms with Gasteiger partial charge in [0, 0.05) is 25.3 Å². The van der Waals surface area contributed by atoms with Crippen LogP contribution >= 0.6 is 0 Å². The van der Waals surface area contributed by atoms with Crippen LogP contribution in [0.25, 0.3) is 0 Å². The number of hydrogen-bond donors (Lipinski definition) is 1. The Bertz CT molecular complexity index is 897. The average Bonchev–Trinajstić information content (AvgIpc) is 2.95. The Kier molecular flexibility index (Phi) is 7.76. The Morgan fingerprint density at radius 1 is 1.06 bits per heavy atom. The summed E-state index contributed by atoms with van der Waals surface area (Å²) in [7, 11) is 0. The molecule has 6 heteroatoms. The molecule has 4 rings (SSSR count). The summed E-state index contributed by atoms with van der Waals surface area (Å²) in [5.74, 6) is 0.771. The maximum Gasteiger partial charge on any atom is 0.257 e. The van der Waals surface area contributed by atoms with Crippen molar-refractivity contribution in [3.63, 3.8) is 0 Å². The van der Waals surface area contributed by atoms with Crippen LogP contribution in [0.2, 0.25) is 0 Å². The van der Waals surface area contributed by atoms with Gasteiger partial charge in [0.1, 0.15) is 0 Å². The Morgan fingerprint density at radius 3 is 2.72 bits per heavy atom. The lowest BCUT2D eigenvalue weighted by Gasteiger charge is -2.38. The third kappa shape index (κ3) is 5.13. The van der Waals surface area contributed by atoms with Gasteiger partial charge in [-0.15, -0.1) is 0 Å². The number of hydrogen-bond acceptors (Lipinski definition) is 5. The molecule has 0 saturated carbocycles. The molecule has 0 spiro atoms. The first kappa shape index (κ1) is 22.7. The topological polar surface area (TPSA) is 51.7 Å². The molecular weight excluding hydrogens is 398 g/mol. The Labute approximate surface area is 192 Å². The van der Waals surface area contributed by atoms with Crippen molar-refractivity contribution in [2.45, 2.75) is 52.0 Å². The highest BCUT2D eigenvalue weighted by atomic mass is 16.1. The first-order valence-electron chi connectivity index (χ1n) is 12.3. The van der Waals surface area contributed by atoms with Crippen LogP contribution in [0.5, 0.6) is 0 Å². The minimum atomic E-state index is -0.0649. The molecule has 0 radical (unpaired) electrons. The van der Waals surface area contributed by atoms with E-state index in [-0.39, 0.29) is 5.91 Å². The average molecular weight is 436 g/mol. The summed E-state index contributed by atoms with van der Waals surface area (Å²) >= 11 is 0. The molecule has 2 aromatic rings. The number of likely N-dealkylation sites (N-methyl/N-ethyl adjacent to an activating group) is 1. The molecule has 2 aliphatic rings. The molecule has 172 valence electrons. The predicted octanol–water partition coefficient (Wildman–Crippen LogP) is 4.76. The van der Waals surface area contributed by atoms with Gasteiger partial charge < -0.3 is 15.1 Å². The minimum Gasteiger partial charge on any atom is -0.324 e. The highest BCUT2D eigenvalue weighted by Crippen LogP contribution is 2.36. The third-order valence-corrected chi connectivity index (χ3v) is 6.92. The molecular formula is C26H37N5O. The molecule has 1 fully saturated rings. The second kappa shape index (κ2) is 10.9. The molecule has 1 atom stereocenters. The Balaban J connectivity index is 1.41. The lowest BCUT2D eigenvalue weighted by molar-refractivity contribution is 0.102. The normalized spacial score (nSPS) is 18.8. The molecule has 1 N–H and O–H groups in total. The lowest BCUT2D eigenvalue weighted by atomic mass is 10.0. The SMILES string of the molecule is CCN(CC)CC1CCCCN1CCCCN1c2ccccc2C(=O)Nc2cccnc21. The second-order valence-electron chi connectivity index (χ2n) is 8.88. The van der Waals surface area contributed by atoms with Crippen molar-refractivity contribution in [2.75, 3.05) is 49.5 Å². The van der Waals surface area contributed by atoms with E-state index >= 15 is 0 Å². The van der Waals surface area contributed by atoms with Gasteiger partial charge in [-0.3, -0.25) is 9.69 Å². The zero-order valence-electron chi connectivity index (χ0n) is 19.6. The van der Waals surface area contributed by atoms with Gasteiger partial charge >= 0.3 is 0 Å². The van der Waals surface area contributed by atoms with Gasteiger partial charge in [0.15, 0.2) is 5.82 Å². The van der Waals surface area contributed by atoms with Gasteiger partial charge in [0.2, 0.25) is 0 Å². The van der Waals surface area contributed by atoms with E-state index in [2.05, 4.69) is 38.8 Å². The number of piperidine rings is 1. The van der Waals surface area contributed by atoms with Crippen molar-refractivity contribution >= 4 is 23.1 Å². The molecule has 1 aromatic heterocycles. The number of carbonyl (C=O) groups is 1. The molecule has 0 aliphatic carbocycles. The van der Waals surface area contributed by atoms with Crippen LogP contribution in [0.3, 0.4) is 0 Å². The number of likely N-dealkylation sites (tertiary alicyclic amines) is 1. The minimum absolute atomic E-state index is 0.0649. The van der Waals surface area contributed by atoms with Gasteiger partial charge in [-0.1, -0.05) is 32.4 Å². The summed E-state index contributed by atoms with van der Waals surface area (Å²) < 4.78 is 0. The smallest absolute Gasteiger partial charge is 0.257 e. The van der Waals surface area contributed by atoms with Crippen molar-refractivity contribution in [2.24, 2.45) is 0 Å². The van der Waals surface area contributed by atoms with Crippen molar-refractivity contribution in [1.82, 2.24) is 14.8 Å². The zero-order valence-corrected chi connectivity index (χ0v) is 19.6. The van der Waals surface area contributed by atoms with Crippen LogP contribution in [-0.4, -0.2) is 66.0 Å². The van der Waals surface area contributed by atoms with Crippen molar-refractivity contribution in [3.05, 3.63) is 48.2 Å². The molecule has 1 unspecified atom stereocenters. The highest BCUT2D eigenvalue weighted by molar-refractivity contribution is 6.11. The third-order valence-electron chi connectivity index (χ3n) is 6.92. The summed E-state index contributed by atoms with van der Waals surface area (Å²) in [4.78, 5) is 24.9. The lowest BCUT2D eigenvalue weighted by Crippen LogP contribution is -2.47. The fraction of sp³-hybridized carbons (Fsp3) is 0.538. The maximum absolute atomic E-state index is 12.7. The van der Waals surface area contributed by atoms with Crippen molar-refractivity contribution in [1.29, 1.82) is 0 Å². The number of anilines is 3. The van der Waals surface area contributed by atoms with Gasteiger partial charge in [-0.25, -0.2) is 4.98 Å². The van der Waals surface area contributed by atoms with Crippen LogP contribution in [-0.2, 0) is 0 Å². The summed E-state index contributed by atoms with van der Waals surface area (Å²) in [6.07, 6.45) is 8.01. The molecule has 0 bridgehead atoms. The summed E-state index contributed by atoms with van der Waals surface area (Å²) in [6.45, 7) is 11.2. The van der Waals surface area contributed by atoms with E-state index in [1.54, 1.807) is 6.20 Å². The van der Waals surface area contributed by atoms with E-state index in [4.69, 9.17) is 0 Å². The quantitative estimate of drug-likeness (QED) is 0.576. The number of fused-ring (bicyclic) bond motifs is 2. The summed E-state index contributed by atoms with van der Waals surface area (Å²) in [5, 5.41) is 3.03. The molecule has 1 aromatic carbocycles. The first-order valence-corrected chi connectivity index (χ1v) is 12.3. The molecule has 6 nitrogen and oxygen atoms in total. The second-order valence-corrected chi connectivity index (χ2v) is 8.88. The number of para-hydroxylation sites is 1. The van der Waals surface area contributed by atoms with Crippen LogP contribution < -0.4 is 10.2 Å². The van der Waals surface area contributed by atoms with Gasteiger partial charge in [-0.05, 0) is 76.1 Å². The maximum atomic E-state index is 12.7. The number of aromatic nitrogens is 1. The fourth-order valence-electron chi connectivity index (χ4n) is 5.07. The van der Waals surface area contributed by atoms with E-state index in [0.29, 0.717) is 11.6 Å². The van der Waals surface area contributed by atoms with Crippen LogP contribution in [0, 0.1) is 0 Å². The zero-order chi connectivity index (χ0) is 22.3. The highest BCUT2D eigenvalue weighted by Gasteiger charge is 2.26. The van der Waals surface area contributed by atoms with E-state index in [0.717, 1.165) is 56.2 Å². The number of benzene rings is 1. The Hall–Kier alpha value is -2.44. The van der Waals surface area contributed by atoms with Crippen LogP contribution in [0.4, 0.5) is 17.2 Å². The number of nitrogens with one attached hydrogen (secondary N) is 1. The van der Waals surface area contributed by atoms with Crippen molar-refractivity contribution in [3.8, 4) is 0 Å². The van der Waals surface area contributed by atoms with Crippen LogP contribution in [0.1, 0.15) is 56.3 Å².